The van der Waals surface area contributed by atoms with Crippen LogP contribution in [0.15, 0.2) is 59.3 Å². The summed E-state index contributed by atoms with van der Waals surface area (Å²) >= 11 is 0. The van der Waals surface area contributed by atoms with Crippen LogP contribution in [0.2, 0.25) is 0 Å². The molecule has 0 bridgehead atoms. The van der Waals surface area contributed by atoms with Gasteiger partial charge in [-0.25, -0.2) is 0 Å². The number of nitrogens with one attached hydrogen (secondary N) is 1. The van der Waals surface area contributed by atoms with Gasteiger partial charge in [0.2, 0.25) is 17.6 Å². The highest BCUT2D eigenvalue weighted by atomic mass is 16.5. The Morgan fingerprint density at radius 2 is 1.93 bits per heavy atom. The fourth-order valence-corrected chi connectivity index (χ4v) is 3.60. The predicted molar refractivity (Wildman–Crippen MR) is 112 cm³/mol. The summed E-state index contributed by atoms with van der Waals surface area (Å²) in [6.07, 6.45) is 2.36. The molecule has 2 aromatic carbocycles. The lowest BCUT2D eigenvalue weighted by atomic mass is 10.1. The van der Waals surface area contributed by atoms with Crippen molar-refractivity contribution in [1.29, 1.82) is 0 Å². The van der Waals surface area contributed by atoms with Gasteiger partial charge >= 0.3 is 0 Å². The second-order valence-electron chi connectivity index (χ2n) is 7.19. The van der Waals surface area contributed by atoms with Crippen molar-refractivity contribution in [3.05, 3.63) is 71.7 Å². The summed E-state index contributed by atoms with van der Waals surface area (Å²) in [6.45, 7) is 6.81. The van der Waals surface area contributed by atoms with Gasteiger partial charge in [0.15, 0.2) is 0 Å². The van der Waals surface area contributed by atoms with E-state index in [1.54, 1.807) is 0 Å². The standard InChI is InChI=1S/C23H24N4O2/c1-4-27-14-17(19-11-7-8-12-20(19)27)13-21(28)24-16(3)23-25-22(26-29-23)18-10-6-5-9-15(18)2/h5-12,14,16H,4,13H2,1-3H3,(H,24,28). The molecule has 6 heteroatoms. The van der Waals surface area contributed by atoms with Crippen LogP contribution in [0.25, 0.3) is 22.3 Å². The Morgan fingerprint density at radius 1 is 1.17 bits per heavy atom. The number of rotatable bonds is 6. The molecule has 148 valence electrons. The molecule has 0 aliphatic carbocycles. The van der Waals surface area contributed by atoms with E-state index < -0.39 is 0 Å². The second-order valence-corrected chi connectivity index (χ2v) is 7.19. The molecule has 2 heterocycles. The fraction of sp³-hybridized carbons (Fsp3) is 0.261. The van der Waals surface area contributed by atoms with E-state index in [4.69, 9.17) is 4.52 Å². The minimum Gasteiger partial charge on any atom is -0.347 e. The zero-order valence-electron chi connectivity index (χ0n) is 16.8. The van der Waals surface area contributed by atoms with Crippen LogP contribution < -0.4 is 5.32 Å². The van der Waals surface area contributed by atoms with Gasteiger partial charge in [-0.2, -0.15) is 4.98 Å². The first-order valence-electron chi connectivity index (χ1n) is 9.82. The molecule has 6 nitrogen and oxygen atoms in total. The van der Waals surface area contributed by atoms with Crippen molar-refractivity contribution in [2.45, 2.75) is 39.8 Å². The molecule has 0 radical (unpaired) electrons. The fourth-order valence-electron chi connectivity index (χ4n) is 3.60. The van der Waals surface area contributed by atoms with E-state index in [1.165, 1.54) is 0 Å². The van der Waals surface area contributed by atoms with Crippen LogP contribution in [0.1, 0.15) is 36.9 Å². The monoisotopic (exact) mass is 388 g/mol. The quantitative estimate of drug-likeness (QED) is 0.530. The Hall–Kier alpha value is -3.41. The molecule has 0 saturated heterocycles. The number of carbonyl (C=O) groups is 1. The molecule has 0 spiro atoms. The second kappa shape index (κ2) is 7.91. The highest BCUT2D eigenvalue weighted by Crippen LogP contribution is 2.23. The summed E-state index contributed by atoms with van der Waals surface area (Å²) in [5.41, 5.74) is 4.15. The number of nitrogens with zero attached hydrogens (tertiary/aromatic N) is 3. The van der Waals surface area contributed by atoms with Crippen molar-refractivity contribution in [2.75, 3.05) is 0 Å². The topological polar surface area (TPSA) is 73.0 Å². The highest BCUT2D eigenvalue weighted by molar-refractivity contribution is 5.89. The predicted octanol–water partition coefficient (Wildman–Crippen LogP) is 4.44. The first-order valence-corrected chi connectivity index (χ1v) is 9.82. The third kappa shape index (κ3) is 3.78. The van der Waals surface area contributed by atoms with Gasteiger partial charge < -0.3 is 14.4 Å². The number of benzene rings is 2. The lowest BCUT2D eigenvalue weighted by Crippen LogP contribution is -2.28. The van der Waals surface area contributed by atoms with E-state index in [-0.39, 0.29) is 11.9 Å². The zero-order chi connectivity index (χ0) is 20.4. The molecule has 2 aromatic heterocycles. The van der Waals surface area contributed by atoms with Gasteiger partial charge in [-0.05, 0) is 38.0 Å². The molecule has 1 unspecified atom stereocenters. The zero-order valence-corrected chi connectivity index (χ0v) is 16.8. The first-order chi connectivity index (χ1) is 14.1. The van der Waals surface area contributed by atoms with Gasteiger partial charge in [-0.15, -0.1) is 0 Å². The van der Waals surface area contributed by atoms with Crippen molar-refractivity contribution in [2.24, 2.45) is 0 Å². The number of fused-ring (bicyclic) bond motifs is 1. The van der Waals surface area contributed by atoms with Gasteiger partial charge in [0.05, 0.1) is 6.42 Å². The minimum atomic E-state index is -0.368. The maximum atomic E-state index is 12.7. The smallest absolute Gasteiger partial charge is 0.249 e. The third-order valence-electron chi connectivity index (χ3n) is 5.14. The Bertz CT molecular complexity index is 1160. The summed E-state index contributed by atoms with van der Waals surface area (Å²) in [7, 11) is 0. The minimum absolute atomic E-state index is 0.0767. The summed E-state index contributed by atoms with van der Waals surface area (Å²) in [4.78, 5) is 17.1. The maximum absolute atomic E-state index is 12.7. The van der Waals surface area contributed by atoms with Gasteiger partial charge in [-0.1, -0.05) is 47.6 Å². The first kappa shape index (κ1) is 18.9. The van der Waals surface area contributed by atoms with Crippen LogP contribution in [0, 0.1) is 6.92 Å². The van der Waals surface area contributed by atoms with Crippen LogP contribution in [0.3, 0.4) is 0 Å². The van der Waals surface area contributed by atoms with Crippen LogP contribution in [-0.4, -0.2) is 20.6 Å². The van der Waals surface area contributed by atoms with E-state index in [9.17, 15) is 4.79 Å². The molecule has 29 heavy (non-hydrogen) atoms. The number of carbonyl (C=O) groups excluding carboxylic acids is 1. The molecule has 1 amide bonds. The number of amides is 1. The van der Waals surface area contributed by atoms with E-state index >= 15 is 0 Å². The van der Waals surface area contributed by atoms with Crippen LogP contribution in [-0.2, 0) is 17.8 Å². The third-order valence-corrected chi connectivity index (χ3v) is 5.14. The summed E-state index contributed by atoms with van der Waals surface area (Å²) in [5, 5.41) is 8.15. The Morgan fingerprint density at radius 3 is 2.72 bits per heavy atom. The highest BCUT2D eigenvalue weighted by Gasteiger charge is 2.19. The lowest BCUT2D eigenvalue weighted by Gasteiger charge is -2.09. The molecule has 1 atom stereocenters. The Kier molecular flexibility index (Phi) is 5.16. The van der Waals surface area contributed by atoms with Crippen molar-refractivity contribution in [1.82, 2.24) is 20.0 Å². The molecule has 0 fully saturated rings. The van der Waals surface area contributed by atoms with E-state index in [1.807, 2.05) is 50.2 Å². The van der Waals surface area contributed by atoms with Crippen molar-refractivity contribution in [3.8, 4) is 11.4 Å². The lowest BCUT2D eigenvalue weighted by molar-refractivity contribution is -0.121. The molecular weight excluding hydrogens is 364 g/mol. The number of aryl methyl sites for hydroxylation is 2. The molecule has 0 saturated carbocycles. The molecule has 0 aliphatic rings. The average molecular weight is 388 g/mol. The molecule has 4 aromatic rings. The summed E-state index contributed by atoms with van der Waals surface area (Å²) in [6, 6.07) is 15.6. The Labute approximate surface area is 169 Å². The number of aromatic nitrogens is 3. The van der Waals surface area contributed by atoms with E-state index in [2.05, 4.69) is 45.3 Å². The number of hydrogen-bond donors (Lipinski definition) is 1. The van der Waals surface area contributed by atoms with Gasteiger partial charge in [0.1, 0.15) is 6.04 Å². The Balaban J connectivity index is 1.48. The van der Waals surface area contributed by atoms with Crippen molar-refractivity contribution in [3.63, 3.8) is 0 Å². The largest absolute Gasteiger partial charge is 0.347 e. The summed E-state index contributed by atoms with van der Waals surface area (Å²) in [5.74, 6) is 0.852. The molecule has 1 N–H and O–H groups in total. The van der Waals surface area contributed by atoms with E-state index in [0.717, 1.165) is 34.1 Å². The number of para-hydroxylation sites is 1. The van der Waals surface area contributed by atoms with Gasteiger partial charge in [0, 0.05) is 29.2 Å². The van der Waals surface area contributed by atoms with Crippen LogP contribution in [0.5, 0.6) is 0 Å². The van der Waals surface area contributed by atoms with Gasteiger partial charge in [0.25, 0.3) is 0 Å². The molecule has 4 rings (SSSR count). The molecule has 0 aliphatic heterocycles. The normalized spacial score (nSPS) is 12.2. The van der Waals surface area contributed by atoms with Crippen LogP contribution in [0.4, 0.5) is 0 Å². The SMILES string of the molecule is CCn1cc(CC(=O)NC(C)c2nc(-c3ccccc3C)no2)c2ccccc21. The van der Waals surface area contributed by atoms with E-state index in [0.29, 0.717) is 18.1 Å². The average Bonchev–Trinajstić information content (AvgIpc) is 3.34. The summed E-state index contributed by atoms with van der Waals surface area (Å²) < 4.78 is 7.56. The van der Waals surface area contributed by atoms with Crippen molar-refractivity contribution >= 4 is 16.8 Å². The number of hydrogen-bond acceptors (Lipinski definition) is 4. The molecular formula is C23H24N4O2. The van der Waals surface area contributed by atoms with Crippen molar-refractivity contribution < 1.29 is 9.32 Å². The maximum Gasteiger partial charge on any atom is 0.249 e. The van der Waals surface area contributed by atoms with Crippen LogP contribution >= 0.6 is 0 Å². The van der Waals surface area contributed by atoms with Gasteiger partial charge in [-0.3, -0.25) is 4.79 Å².